The van der Waals surface area contributed by atoms with Gasteiger partial charge in [-0.15, -0.1) is 5.10 Å². The third-order valence-electron chi connectivity index (χ3n) is 6.10. The fourth-order valence-corrected chi connectivity index (χ4v) is 4.74. The van der Waals surface area contributed by atoms with Crippen LogP contribution in [0.4, 0.5) is 0 Å². The Balaban J connectivity index is 1.53. The summed E-state index contributed by atoms with van der Waals surface area (Å²) in [5.41, 5.74) is 4.76. The van der Waals surface area contributed by atoms with E-state index in [-0.39, 0.29) is 0 Å². The highest BCUT2D eigenvalue weighted by Crippen LogP contribution is 2.35. The quantitative estimate of drug-likeness (QED) is 0.390. The number of pyridine rings is 1. The summed E-state index contributed by atoms with van der Waals surface area (Å²) in [5, 5.41) is 4.94. The molecule has 0 fully saturated rings. The fraction of sp³-hybridized carbons (Fsp3) is 0.240. The minimum absolute atomic E-state index is 0.364. The van der Waals surface area contributed by atoms with E-state index in [1.165, 1.54) is 11.1 Å². The molecule has 0 unspecified atom stereocenters. The van der Waals surface area contributed by atoms with Gasteiger partial charge in [0.15, 0.2) is 5.82 Å². The molecule has 2 heterocycles. The van der Waals surface area contributed by atoms with Crippen LogP contribution in [0.1, 0.15) is 23.6 Å². The van der Waals surface area contributed by atoms with Gasteiger partial charge in [-0.25, -0.2) is 4.68 Å². The largest absolute Gasteiger partial charge is 0.497 e. The molecular formula is C25H25N5OS. The number of aryl methyl sites for hydroxylation is 1. The van der Waals surface area contributed by atoms with E-state index in [0.717, 1.165) is 35.7 Å². The maximum atomic E-state index is 5.92. The number of aromatic nitrogens is 4. The lowest BCUT2D eigenvalue weighted by atomic mass is 10.1. The first-order valence-electron chi connectivity index (χ1n) is 10.7. The molecule has 32 heavy (non-hydrogen) atoms. The van der Waals surface area contributed by atoms with Crippen molar-refractivity contribution in [2.75, 3.05) is 14.2 Å². The van der Waals surface area contributed by atoms with Crippen molar-refractivity contribution in [2.24, 2.45) is 0 Å². The maximum Gasteiger partial charge on any atom is 0.204 e. The van der Waals surface area contributed by atoms with E-state index in [1.54, 1.807) is 19.5 Å². The summed E-state index contributed by atoms with van der Waals surface area (Å²) in [6.45, 7) is 0.610. The SMILES string of the molecule is COc1ccc(-n2c(-c3ccncc3)nn(CN(C)[C@@H]3CCc4ccccc43)c2=S)cc1. The molecule has 1 atom stereocenters. The van der Waals surface area contributed by atoms with Crippen molar-refractivity contribution in [3.05, 3.63) is 89.0 Å². The first kappa shape index (κ1) is 20.6. The average Bonchev–Trinajstić information content (AvgIpc) is 3.41. The van der Waals surface area contributed by atoms with Crippen LogP contribution in [-0.2, 0) is 13.1 Å². The molecule has 0 spiro atoms. The molecule has 0 N–H and O–H groups in total. The van der Waals surface area contributed by atoms with E-state index in [0.29, 0.717) is 17.5 Å². The Bertz CT molecular complexity index is 1280. The van der Waals surface area contributed by atoms with Crippen molar-refractivity contribution in [1.82, 2.24) is 24.2 Å². The highest BCUT2D eigenvalue weighted by molar-refractivity contribution is 7.71. The van der Waals surface area contributed by atoms with E-state index in [1.807, 2.05) is 45.6 Å². The van der Waals surface area contributed by atoms with Crippen molar-refractivity contribution in [3.8, 4) is 22.8 Å². The lowest BCUT2D eigenvalue weighted by molar-refractivity contribution is 0.182. The highest BCUT2D eigenvalue weighted by Gasteiger charge is 2.26. The zero-order valence-electron chi connectivity index (χ0n) is 18.2. The predicted octanol–water partition coefficient (Wildman–Crippen LogP) is 5.05. The number of methoxy groups -OCH3 is 1. The molecule has 0 saturated heterocycles. The summed E-state index contributed by atoms with van der Waals surface area (Å²) in [5.74, 6) is 1.60. The minimum Gasteiger partial charge on any atom is -0.497 e. The number of hydrogen-bond donors (Lipinski definition) is 0. The molecule has 2 aromatic carbocycles. The van der Waals surface area contributed by atoms with E-state index >= 15 is 0 Å². The van der Waals surface area contributed by atoms with Gasteiger partial charge in [0, 0.05) is 24.0 Å². The van der Waals surface area contributed by atoms with Gasteiger partial charge in [-0.2, -0.15) is 0 Å². The molecule has 1 aliphatic rings. The van der Waals surface area contributed by atoms with Crippen molar-refractivity contribution in [3.63, 3.8) is 0 Å². The smallest absolute Gasteiger partial charge is 0.204 e. The molecule has 4 aromatic rings. The molecule has 2 aromatic heterocycles. The van der Waals surface area contributed by atoms with Gasteiger partial charge in [0.1, 0.15) is 5.75 Å². The summed E-state index contributed by atoms with van der Waals surface area (Å²) in [6.07, 6.45) is 5.77. The van der Waals surface area contributed by atoms with Crippen LogP contribution >= 0.6 is 12.2 Å². The second kappa shape index (κ2) is 8.68. The van der Waals surface area contributed by atoms with Gasteiger partial charge in [0.25, 0.3) is 0 Å². The third-order valence-corrected chi connectivity index (χ3v) is 6.49. The van der Waals surface area contributed by atoms with Crippen LogP contribution in [0.15, 0.2) is 73.1 Å². The number of ether oxygens (including phenoxy) is 1. The molecule has 7 heteroatoms. The molecule has 0 saturated carbocycles. The Labute approximate surface area is 192 Å². The standard InChI is InChI=1S/C25H25N5OS/c1-28(23-12-7-18-5-3-4-6-22(18)23)17-29-25(32)30(20-8-10-21(31-2)11-9-20)24(27-29)19-13-15-26-16-14-19/h3-6,8-11,13-16,23H,7,12,17H2,1-2H3/t23-/m1/s1. The topological polar surface area (TPSA) is 48.1 Å². The summed E-state index contributed by atoms with van der Waals surface area (Å²) in [7, 11) is 3.81. The first-order valence-corrected chi connectivity index (χ1v) is 11.1. The van der Waals surface area contributed by atoms with Gasteiger partial charge in [0.05, 0.1) is 19.5 Å². The summed E-state index contributed by atoms with van der Waals surface area (Å²) < 4.78 is 9.90. The van der Waals surface area contributed by atoms with Crippen LogP contribution in [0.25, 0.3) is 17.1 Å². The Hall–Kier alpha value is -3.29. The third kappa shape index (κ3) is 3.74. The van der Waals surface area contributed by atoms with Crippen LogP contribution in [0.2, 0.25) is 0 Å². The van der Waals surface area contributed by atoms with Crippen LogP contribution in [0.5, 0.6) is 5.75 Å². The summed E-state index contributed by atoms with van der Waals surface area (Å²) in [6, 6.07) is 20.9. The Kier molecular flexibility index (Phi) is 5.59. The summed E-state index contributed by atoms with van der Waals surface area (Å²) >= 11 is 5.92. The highest BCUT2D eigenvalue weighted by atomic mass is 32.1. The van der Waals surface area contributed by atoms with Crippen LogP contribution in [0, 0.1) is 4.77 Å². The number of rotatable bonds is 6. The molecule has 0 aliphatic heterocycles. The van der Waals surface area contributed by atoms with E-state index in [9.17, 15) is 0 Å². The molecule has 0 bridgehead atoms. The zero-order chi connectivity index (χ0) is 22.1. The van der Waals surface area contributed by atoms with Crippen molar-refractivity contribution >= 4 is 12.2 Å². The van der Waals surface area contributed by atoms with Crippen molar-refractivity contribution < 1.29 is 4.74 Å². The zero-order valence-corrected chi connectivity index (χ0v) is 19.0. The lowest BCUT2D eigenvalue weighted by Crippen LogP contribution is -2.26. The molecular weight excluding hydrogens is 418 g/mol. The monoisotopic (exact) mass is 443 g/mol. The molecule has 6 nitrogen and oxygen atoms in total. The van der Waals surface area contributed by atoms with E-state index in [2.05, 4.69) is 41.2 Å². The fourth-order valence-electron chi connectivity index (χ4n) is 4.45. The average molecular weight is 444 g/mol. The van der Waals surface area contributed by atoms with Crippen LogP contribution < -0.4 is 4.74 Å². The van der Waals surface area contributed by atoms with Gasteiger partial charge in [0.2, 0.25) is 4.77 Å². The lowest BCUT2D eigenvalue weighted by Gasteiger charge is -2.24. The Morgan fingerprint density at radius 3 is 2.56 bits per heavy atom. The van der Waals surface area contributed by atoms with E-state index in [4.69, 9.17) is 22.1 Å². The summed E-state index contributed by atoms with van der Waals surface area (Å²) in [4.78, 5) is 6.49. The van der Waals surface area contributed by atoms with Gasteiger partial charge in [-0.05, 0) is 79.6 Å². The molecule has 162 valence electrons. The number of nitrogens with zero attached hydrogens (tertiary/aromatic N) is 5. The maximum absolute atomic E-state index is 5.92. The van der Waals surface area contributed by atoms with Crippen LogP contribution in [-0.4, -0.2) is 38.4 Å². The number of hydrogen-bond acceptors (Lipinski definition) is 5. The molecule has 0 amide bonds. The minimum atomic E-state index is 0.364. The number of benzene rings is 2. The molecule has 5 rings (SSSR count). The van der Waals surface area contributed by atoms with Gasteiger partial charge < -0.3 is 4.74 Å². The van der Waals surface area contributed by atoms with Gasteiger partial charge in [-0.3, -0.25) is 14.5 Å². The number of fused-ring (bicyclic) bond motifs is 1. The van der Waals surface area contributed by atoms with Gasteiger partial charge >= 0.3 is 0 Å². The second-order valence-corrected chi connectivity index (χ2v) is 8.39. The Morgan fingerprint density at radius 2 is 1.81 bits per heavy atom. The predicted molar refractivity (Wildman–Crippen MR) is 127 cm³/mol. The second-order valence-electron chi connectivity index (χ2n) is 8.03. The van der Waals surface area contributed by atoms with Gasteiger partial charge in [-0.1, -0.05) is 24.3 Å². The van der Waals surface area contributed by atoms with Crippen molar-refractivity contribution in [2.45, 2.75) is 25.6 Å². The first-order chi connectivity index (χ1) is 15.7. The van der Waals surface area contributed by atoms with Crippen molar-refractivity contribution in [1.29, 1.82) is 0 Å². The normalized spacial score (nSPS) is 15.2. The Morgan fingerprint density at radius 1 is 1.06 bits per heavy atom. The van der Waals surface area contributed by atoms with E-state index < -0.39 is 0 Å². The molecule has 0 radical (unpaired) electrons. The van der Waals surface area contributed by atoms with Crippen LogP contribution in [0.3, 0.4) is 0 Å². The molecule has 1 aliphatic carbocycles.